The van der Waals surface area contributed by atoms with E-state index in [1.165, 1.54) is 10.6 Å². The molecule has 3 aromatic carbocycles. The lowest BCUT2D eigenvalue weighted by atomic mass is 10.2. The first-order valence-corrected chi connectivity index (χ1v) is 11.1. The second-order valence-corrected chi connectivity index (χ2v) is 8.69. The number of para-hydroxylation sites is 1. The van der Waals surface area contributed by atoms with Crippen molar-refractivity contribution in [3.8, 4) is 5.75 Å². The summed E-state index contributed by atoms with van der Waals surface area (Å²) in [4.78, 5) is 0.276. The number of ether oxygens (including phenoxy) is 1. The quantitative estimate of drug-likeness (QED) is 0.443. The van der Waals surface area contributed by atoms with E-state index in [2.05, 4.69) is 0 Å². The van der Waals surface area contributed by atoms with Gasteiger partial charge in [-0.2, -0.15) is 4.31 Å². The molecule has 0 saturated carbocycles. The molecule has 0 heterocycles. The second-order valence-electron chi connectivity index (χ2n) is 6.75. The fraction of sp³-hybridized carbons (Fsp3) is 0.120. The van der Waals surface area contributed by atoms with Crippen molar-refractivity contribution >= 4 is 16.1 Å². The molecule has 0 bridgehead atoms. The summed E-state index contributed by atoms with van der Waals surface area (Å²) in [5.74, 6) is 0.700. The van der Waals surface area contributed by atoms with Crippen LogP contribution in [0.4, 0.5) is 0 Å². The van der Waals surface area contributed by atoms with Crippen LogP contribution in [0.2, 0.25) is 0 Å². The molecule has 4 nitrogen and oxygen atoms in total. The number of nitrogens with zero attached hydrogens (tertiary/aromatic N) is 1. The van der Waals surface area contributed by atoms with Crippen molar-refractivity contribution in [3.05, 3.63) is 114 Å². The van der Waals surface area contributed by atoms with Gasteiger partial charge in [0, 0.05) is 13.1 Å². The molecule has 0 N–H and O–H groups in total. The standard InChI is InChI=1S/C25H25NO3S/c1-22-15-17-25(18-16-22)30(27,28)26(19-8-12-23-10-4-2-5-11-23)20-9-21-29-24-13-6-3-7-14-24/h2-18,21H,19-20H2,1H3/b12-8+,21-9+. The molecule has 0 spiro atoms. The molecule has 0 aliphatic carbocycles. The number of rotatable bonds is 9. The van der Waals surface area contributed by atoms with Gasteiger partial charge < -0.3 is 4.74 Å². The third-order valence-corrected chi connectivity index (χ3v) is 6.28. The molecule has 0 amide bonds. The average Bonchev–Trinajstić information content (AvgIpc) is 2.77. The Labute approximate surface area is 178 Å². The van der Waals surface area contributed by atoms with E-state index in [9.17, 15) is 8.42 Å². The predicted molar refractivity (Wildman–Crippen MR) is 122 cm³/mol. The van der Waals surface area contributed by atoms with E-state index in [1.807, 2.05) is 79.7 Å². The number of hydrogen-bond acceptors (Lipinski definition) is 3. The Hall–Kier alpha value is -3.15. The number of benzene rings is 3. The van der Waals surface area contributed by atoms with Gasteiger partial charge in [0.15, 0.2) is 0 Å². The molecule has 3 rings (SSSR count). The van der Waals surface area contributed by atoms with Crippen molar-refractivity contribution < 1.29 is 13.2 Å². The highest BCUT2D eigenvalue weighted by atomic mass is 32.2. The summed E-state index contributed by atoms with van der Waals surface area (Å²) in [6.45, 7) is 2.38. The zero-order valence-corrected chi connectivity index (χ0v) is 17.7. The lowest BCUT2D eigenvalue weighted by molar-refractivity contribution is 0.456. The number of aryl methyl sites for hydroxylation is 1. The first-order chi connectivity index (χ1) is 14.6. The van der Waals surface area contributed by atoms with Gasteiger partial charge in [-0.3, -0.25) is 0 Å². The lowest BCUT2D eigenvalue weighted by Gasteiger charge is -2.19. The Morgan fingerprint density at radius 2 is 1.40 bits per heavy atom. The molecule has 154 valence electrons. The third-order valence-electron chi connectivity index (χ3n) is 4.43. The fourth-order valence-electron chi connectivity index (χ4n) is 2.79. The molecular weight excluding hydrogens is 394 g/mol. The molecule has 0 fully saturated rings. The monoisotopic (exact) mass is 419 g/mol. The van der Waals surface area contributed by atoms with E-state index >= 15 is 0 Å². The Balaban J connectivity index is 1.75. The van der Waals surface area contributed by atoms with Crippen LogP contribution < -0.4 is 4.74 Å². The van der Waals surface area contributed by atoms with Gasteiger partial charge in [-0.25, -0.2) is 8.42 Å². The van der Waals surface area contributed by atoms with E-state index < -0.39 is 10.0 Å². The Morgan fingerprint density at radius 3 is 2.07 bits per heavy atom. The average molecular weight is 420 g/mol. The Bertz CT molecular complexity index is 1070. The summed E-state index contributed by atoms with van der Waals surface area (Å²) in [5, 5.41) is 0. The summed E-state index contributed by atoms with van der Waals surface area (Å²) in [6.07, 6.45) is 7.00. The van der Waals surface area contributed by atoms with Gasteiger partial charge in [-0.15, -0.1) is 0 Å². The van der Waals surface area contributed by atoms with E-state index in [0.717, 1.165) is 11.1 Å². The maximum Gasteiger partial charge on any atom is 0.243 e. The molecule has 0 aromatic heterocycles. The van der Waals surface area contributed by atoms with Crippen molar-refractivity contribution in [1.29, 1.82) is 0 Å². The molecule has 0 saturated heterocycles. The molecule has 5 heteroatoms. The first kappa shape index (κ1) is 21.6. The van der Waals surface area contributed by atoms with Crippen LogP contribution in [0, 0.1) is 6.92 Å². The zero-order chi connectivity index (χ0) is 21.2. The molecule has 0 unspecified atom stereocenters. The van der Waals surface area contributed by atoms with Crippen LogP contribution in [0.15, 0.2) is 108 Å². The van der Waals surface area contributed by atoms with Gasteiger partial charge in [-0.1, -0.05) is 78.4 Å². The Morgan fingerprint density at radius 1 is 0.800 bits per heavy atom. The Kier molecular flexibility index (Phi) is 7.60. The smallest absolute Gasteiger partial charge is 0.243 e. The highest BCUT2D eigenvalue weighted by Gasteiger charge is 2.22. The van der Waals surface area contributed by atoms with Gasteiger partial charge in [-0.05, 0) is 42.8 Å². The van der Waals surface area contributed by atoms with Crippen molar-refractivity contribution in [3.63, 3.8) is 0 Å². The van der Waals surface area contributed by atoms with Crippen molar-refractivity contribution in [2.75, 3.05) is 13.1 Å². The molecular formula is C25H25NO3S. The SMILES string of the molecule is Cc1ccc(S(=O)(=O)N(C/C=C/Oc2ccccc2)C/C=C/c2ccccc2)cc1. The molecule has 0 radical (unpaired) electrons. The van der Waals surface area contributed by atoms with E-state index in [-0.39, 0.29) is 18.0 Å². The predicted octanol–water partition coefficient (Wildman–Crippen LogP) is 5.29. The van der Waals surface area contributed by atoms with E-state index in [0.29, 0.717) is 5.75 Å². The van der Waals surface area contributed by atoms with Gasteiger partial charge >= 0.3 is 0 Å². The molecule has 0 aliphatic heterocycles. The van der Waals surface area contributed by atoms with Gasteiger partial charge in [0.05, 0.1) is 11.2 Å². The molecule has 0 atom stereocenters. The van der Waals surface area contributed by atoms with Crippen LogP contribution in [-0.2, 0) is 10.0 Å². The third kappa shape index (κ3) is 6.17. The topological polar surface area (TPSA) is 46.6 Å². The van der Waals surface area contributed by atoms with Gasteiger partial charge in [0.2, 0.25) is 10.0 Å². The zero-order valence-electron chi connectivity index (χ0n) is 16.9. The minimum absolute atomic E-state index is 0.197. The summed E-state index contributed by atoms with van der Waals surface area (Å²) in [6, 6.07) is 26.0. The first-order valence-electron chi connectivity index (χ1n) is 9.71. The van der Waals surface area contributed by atoms with Gasteiger partial charge in [0.1, 0.15) is 5.75 Å². The van der Waals surface area contributed by atoms with Crippen LogP contribution in [0.1, 0.15) is 11.1 Å². The summed E-state index contributed by atoms with van der Waals surface area (Å²) >= 11 is 0. The maximum absolute atomic E-state index is 13.2. The summed E-state index contributed by atoms with van der Waals surface area (Å²) in [5.41, 5.74) is 2.04. The van der Waals surface area contributed by atoms with Gasteiger partial charge in [0.25, 0.3) is 0 Å². The van der Waals surface area contributed by atoms with Crippen molar-refractivity contribution in [2.45, 2.75) is 11.8 Å². The van der Waals surface area contributed by atoms with E-state index in [1.54, 1.807) is 30.3 Å². The fourth-order valence-corrected chi connectivity index (χ4v) is 4.13. The van der Waals surface area contributed by atoms with Crippen LogP contribution in [0.25, 0.3) is 6.08 Å². The van der Waals surface area contributed by atoms with Crippen LogP contribution in [-0.4, -0.2) is 25.8 Å². The number of sulfonamides is 1. The largest absolute Gasteiger partial charge is 0.465 e. The maximum atomic E-state index is 13.2. The molecule has 3 aromatic rings. The minimum Gasteiger partial charge on any atom is -0.465 e. The van der Waals surface area contributed by atoms with Crippen LogP contribution in [0.5, 0.6) is 5.75 Å². The number of hydrogen-bond donors (Lipinski definition) is 0. The second kappa shape index (κ2) is 10.6. The molecule has 30 heavy (non-hydrogen) atoms. The molecule has 0 aliphatic rings. The van der Waals surface area contributed by atoms with Crippen LogP contribution in [0.3, 0.4) is 0 Å². The normalized spacial score (nSPS) is 12.1. The highest BCUT2D eigenvalue weighted by Crippen LogP contribution is 2.17. The summed E-state index contributed by atoms with van der Waals surface area (Å²) < 4.78 is 33.3. The highest BCUT2D eigenvalue weighted by molar-refractivity contribution is 7.89. The van der Waals surface area contributed by atoms with E-state index in [4.69, 9.17) is 4.74 Å². The van der Waals surface area contributed by atoms with Crippen molar-refractivity contribution in [2.24, 2.45) is 0 Å². The minimum atomic E-state index is -3.64. The lowest BCUT2D eigenvalue weighted by Crippen LogP contribution is -2.31. The van der Waals surface area contributed by atoms with Crippen molar-refractivity contribution in [1.82, 2.24) is 4.31 Å². The summed E-state index contributed by atoms with van der Waals surface area (Å²) in [7, 11) is -3.64. The van der Waals surface area contributed by atoms with Crippen LogP contribution >= 0.6 is 0 Å².